The van der Waals surface area contributed by atoms with Crippen LogP contribution in [0.5, 0.6) is 5.75 Å². The smallest absolute Gasteiger partial charge is 0.176 e. The van der Waals surface area contributed by atoms with E-state index >= 15 is 0 Å². The number of aldehydes is 1. The Morgan fingerprint density at radius 2 is 1.96 bits per heavy atom. The van der Waals surface area contributed by atoms with Gasteiger partial charge < -0.3 is 9.15 Å². The van der Waals surface area contributed by atoms with Crippen molar-refractivity contribution in [3.63, 3.8) is 0 Å². The van der Waals surface area contributed by atoms with Crippen LogP contribution in [-0.2, 0) is 16.3 Å². The molecule has 2 aromatic carbocycles. The number of furan rings is 1. The summed E-state index contributed by atoms with van der Waals surface area (Å²) in [6.07, 6.45) is 2.36. The summed E-state index contributed by atoms with van der Waals surface area (Å²) in [5, 5.41) is 0.754. The topological polar surface area (TPSA) is 68.9 Å². The summed E-state index contributed by atoms with van der Waals surface area (Å²) >= 11 is 0. The summed E-state index contributed by atoms with van der Waals surface area (Å²) in [6.45, 7) is 0.179. The minimum Gasteiger partial charge on any atom is -0.493 e. The fourth-order valence-corrected chi connectivity index (χ4v) is 3.61. The maximum Gasteiger partial charge on any atom is 0.176 e. The van der Waals surface area contributed by atoms with E-state index in [1.807, 2.05) is 18.2 Å². The predicted molar refractivity (Wildman–Crippen MR) is 93.1 cm³/mol. The first-order valence-corrected chi connectivity index (χ1v) is 9.24. The van der Waals surface area contributed by atoms with Crippen LogP contribution < -0.4 is 4.74 Å². The minimum atomic E-state index is -2.50. The highest BCUT2D eigenvalue weighted by Crippen LogP contribution is 2.30. The lowest BCUT2D eigenvalue weighted by Gasteiger charge is -2.03. The largest absolute Gasteiger partial charge is 0.493 e. The number of hydrogen-bond acceptors (Lipinski definition) is 5. The molecule has 6 heteroatoms. The summed E-state index contributed by atoms with van der Waals surface area (Å²) in [5.41, 5.74) is 1.06. The number of carbonyl (C=O) groups is 1. The molecule has 3 aromatic rings. The van der Waals surface area contributed by atoms with Crippen molar-refractivity contribution in [2.75, 3.05) is 13.4 Å². The number of rotatable bonds is 5. The molecule has 0 amide bonds. The van der Waals surface area contributed by atoms with Crippen molar-refractivity contribution >= 4 is 27.0 Å². The van der Waals surface area contributed by atoms with Crippen LogP contribution in [0.3, 0.4) is 0 Å². The van der Waals surface area contributed by atoms with Gasteiger partial charge in [0.15, 0.2) is 11.3 Å². The van der Waals surface area contributed by atoms with Crippen molar-refractivity contribution in [3.8, 4) is 5.75 Å². The SMILES string of the molecule is COc1cc(C=O)cc2cc(CN=S(C)(=O)c3ccccc3)oc12. The maximum absolute atomic E-state index is 12.7. The van der Waals surface area contributed by atoms with Crippen molar-refractivity contribution < 1.29 is 18.2 Å². The Labute approximate surface area is 140 Å². The van der Waals surface area contributed by atoms with E-state index in [2.05, 4.69) is 4.36 Å². The molecule has 1 aromatic heterocycles. The molecule has 0 aliphatic carbocycles. The van der Waals surface area contributed by atoms with Crippen LogP contribution in [0, 0.1) is 0 Å². The molecule has 1 heterocycles. The Bertz CT molecular complexity index is 999. The molecule has 124 valence electrons. The number of nitrogens with zero attached hydrogens (tertiary/aromatic N) is 1. The lowest BCUT2D eigenvalue weighted by Crippen LogP contribution is -1.97. The summed E-state index contributed by atoms with van der Waals surface area (Å²) in [7, 11) is -0.979. The summed E-state index contributed by atoms with van der Waals surface area (Å²) in [5.74, 6) is 1.05. The number of fused-ring (bicyclic) bond motifs is 1. The molecule has 0 aliphatic heterocycles. The van der Waals surface area contributed by atoms with E-state index < -0.39 is 9.73 Å². The molecule has 24 heavy (non-hydrogen) atoms. The molecule has 1 unspecified atom stereocenters. The van der Waals surface area contributed by atoms with Crippen LogP contribution in [0.2, 0.25) is 0 Å². The highest BCUT2D eigenvalue weighted by molar-refractivity contribution is 7.93. The molecular formula is C18H17NO4S. The molecule has 3 rings (SSSR count). The van der Waals surface area contributed by atoms with Gasteiger partial charge in [-0.05, 0) is 30.3 Å². The molecule has 5 nitrogen and oxygen atoms in total. The zero-order chi connectivity index (χ0) is 17.2. The van der Waals surface area contributed by atoms with Crippen LogP contribution in [0.1, 0.15) is 16.1 Å². The molecular weight excluding hydrogens is 326 g/mol. The summed E-state index contributed by atoms with van der Waals surface area (Å²) in [4.78, 5) is 11.7. The Hall–Kier alpha value is -2.60. The Kier molecular flexibility index (Phi) is 4.40. The van der Waals surface area contributed by atoms with Crippen molar-refractivity contribution in [2.45, 2.75) is 11.4 Å². The van der Waals surface area contributed by atoms with E-state index in [1.54, 1.807) is 36.6 Å². The molecule has 0 fully saturated rings. The van der Waals surface area contributed by atoms with Gasteiger partial charge in [0.25, 0.3) is 0 Å². The first-order chi connectivity index (χ1) is 11.5. The maximum atomic E-state index is 12.7. The molecule has 0 aliphatic rings. The van der Waals surface area contributed by atoms with Gasteiger partial charge in [-0.1, -0.05) is 18.2 Å². The van der Waals surface area contributed by atoms with Crippen LogP contribution >= 0.6 is 0 Å². The van der Waals surface area contributed by atoms with Gasteiger partial charge in [0, 0.05) is 22.1 Å². The van der Waals surface area contributed by atoms with E-state index in [0.29, 0.717) is 27.6 Å². The van der Waals surface area contributed by atoms with Crippen molar-refractivity contribution in [2.24, 2.45) is 4.36 Å². The first-order valence-electron chi connectivity index (χ1n) is 7.32. The number of carbonyl (C=O) groups excluding carboxylic acids is 1. The Balaban J connectivity index is 1.98. The first kappa shape index (κ1) is 16.3. The van der Waals surface area contributed by atoms with Crippen LogP contribution in [0.4, 0.5) is 0 Å². The molecule has 0 N–H and O–H groups in total. The molecule has 0 radical (unpaired) electrons. The number of methoxy groups -OCH3 is 1. The lowest BCUT2D eigenvalue weighted by molar-refractivity contribution is 0.112. The van der Waals surface area contributed by atoms with Crippen molar-refractivity contribution in [1.82, 2.24) is 0 Å². The normalized spacial score (nSPS) is 13.4. The van der Waals surface area contributed by atoms with Gasteiger partial charge in [-0.2, -0.15) is 0 Å². The van der Waals surface area contributed by atoms with E-state index in [9.17, 15) is 9.00 Å². The third-order valence-electron chi connectivity index (χ3n) is 3.66. The standard InChI is InChI=1S/C18H17NO4S/c1-22-17-9-13(12-20)8-14-10-15(23-18(14)17)11-19-24(2,21)16-6-4-3-5-7-16/h3-10,12H,11H2,1-2H3. The summed E-state index contributed by atoms with van der Waals surface area (Å²) in [6, 6.07) is 14.3. The van der Waals surface area contributed by atoms with Crippen molar-refractivity contribution in [3.05, 3.63) is 59.9 Å². The van der Waals surface area contributed by atoms with E-state index in [4.69, 9.17) is 9.15 Å². The van der Waals surface area contributed by atoms with Gasteiger partial charge >= 0.3 is 0 Å². The number of hydrogen-bond donors (Lipinski definition) is 0. The van der Waals surface area contributed by atoms with Crippen LogP contribution in [0.15, 0.2) is 62.2 Å². The zero-order valence-electron chi connectivity index (χ0n) is 13.4. The fraction of sp³-hybridized carbons (Fsp3) is 0.167. The minimum absolute atomic E-state index is 0.179. The van der Waals surface area contributed by atoms with E-state index in [1.165, 1.54) is 7.11 Å². The average Bonchev–Trinajstić information content (AvgIpc) is 3.03. The fourth-order valence-electron chi connectivity index (χ4n) is 2.43. The van der Waals surface area contributed by atoms with Crippen LogP contribution in [-0.4, -0.2) is 23.9 Å². The third-order valence-corrected chi connectivity index (χ3v) is 5.43. The molecule has 0 bridgehead atoms. The molecule has 0 spiro atoms. The quantitative estimate of drug-likeness (QED) is 0.659. The van der Waals surface area contributed by atoms with Crippen LogP contribution in [0.25, 0.3) is 11.0 Å². The van der Waals surface area contributed by atoms with Gasteiger partial charge in [-0.15, -0.1) is 0 Å². The average molecular weight is 343 g/mol. The number of benzene rings is 2. The van der Waals surface area contributed by atoms with Gasteiger partial charge in [0.1, 0.15) is 18.6 Å². The second-order valence-corrected chi connectivity index (χ2v) is 7.71. The van der Waals surface area contributed by atoms with Gasteiger partial charge in [-0.25, -0.2) is 8.57 Å². The Morgan fingerprint density at radius 1 is 1.21 bits per heavy atom. The zero-order valence-corrected chi connectivity index (χ0v) is 14.2. The van der Waals surface area contributed by atoms with Gasteiger partial charge in [-0.3, -0.25) is 4.79 Å². The van der Waals surface area contributed by atoms with E-state index in [-0.39, 0.29) is 6.54 Å². The molecule has 0 saturated heterocycles. The number of ether oxygens (including phenoxy) is 1. The van der Waals surface area contributed by atoms with E-state index in [0.717, 1.165) is 11.7 Å². The summed E-state index contributed by atoms with van der Waals surface area (Å²) < 4.78 is 28.1. The highest BCUT2D eigenvalue weighted by Gasteiger charge is 2.12. The third kappa shape index (κ3) is 3.19. The predicted octanol–water partition coefficient (Wildman–Crippen LogP) is 3.91. The molecule has 1 atom stereocenters. The molecule has 0 saturated carbocycles. The van der Waals surface area contributed by atoms with Gasteiger partial charge in [0.05, 0.1) is 16.8 Å². The second kappa shape index (κ2) is 6.49. The van der Waals surface area contributed by atoms with Crippen molar-refractivity contribution in [1.29, 1.82) is 0 Å². The monoisotopic (exact) mass is 343 g/mol. The highest BCUT2D eigenvalue weighted by atomic mass is 32.2. The Morgan fingerprint density at radius 3 is 2.62 bits per heavy atom. The second-order valence-electron chi connectivity index (χ2n) is 5.37. The van der Waals surface area contributed by atoms with Gasteiger partial charge in [0.2, 0.25) is 0 Å². The lowest BCUT2D eigenvalue weighted by atomic mass is 10.1.